The van der Waals surface area contributed by atoms with Gasteiger partial charge in [-0.1, -0.05) is 0 Å². The normalized spacial score (nSPS) is 12.5. The molecule has 1 aromatic carbocycles. The van der Waals surface area contributed by atoms with E-state index in [0.29, 0.717) is 41.5 Å². The Balaban J connectivity index is 1.72. The molecule has 0 bridgehead atoms. The summed E-state index contributed by atoms with van der Waals surface area (Å²) in [6.07, 6.45) is 3.55. The lowest BCUT2D eigenvalue weighted by Crippen LogP contribution is -2.11. The van der Waals surface area contributed by atoms with Gasteiger partial charge in [0.05, 0.1) is 18.4 Å². The van der Waals surface area contributed by atoms with Crippen LogP contribution in [-0.2, 0) is 13.0 Å². The van der Waals surface area contributed by atoms with Crippen molar-refractivity contribution < 1.29 is 13.9 Å². The van der Waals surface area contributed by atoms with Crippen molar-refractivity contribution in [2.24, 2.45) is 0 Å². The maximum Gasteiger partial charge on any atom is 0.208 e. The smallest absolute Gasteiger partial charge is 0.208 e. The molecule has 2 aromatic heterocycles. The third kappa shape index (κ3) is 2.54. The molecule has 1 aliphatic rings. The molecule has 0 unspecified atom stereocenters. The molecule has 0 aliphatic carbocycles. The van der Waals surface area contributed by atoms with Crippen molar-refractivity contribution in [3.8, 4) is 11.8 Å². The van der Waals surface area contributed by atoms with E-state index in [1.54, 1.807) is 6.07 Å². The maximum atomic E-state index is 14.3. The highest BCUT2D eigenvalue weighted by molar-refractivity contribution is 5.99. The number of rotatable bonds is 4. The van der Waals surface area contributed by atoms with Gasteiger partial charge in [-0.2, -0.15) is 5.26 Å². The number of anilines is 1. The van der Waals surface area contributed by atoms with Gasteiger partial charge >= 0.3 is 0 Å². The summed E-state index contributed by atoms with van der Waals surface area (Å²) in [5, 5.41) is 12.2. The molecule has 0 atom stereocenters. The maximum absolute atomic E-state index is 14.3. The van der Waals surface area contributed by atoms with E-state index in [1.165, 1.54) is 29.8 Å². The standard InChI is InChI=1S/C18H14FN5O2/c1-10(25)13-7-21-18(24-9-11(6-20)23-17(13)24)22-8-14-12-4-5-26-16(12)3-2-15(14)19/h2-3,7,9H,4-5,8H2,1H3,(H,21,22). The zero-order chi connectivity index (χ0) is 18.3. The summed E-state index contributed by atoms with van der Waals surface area (Å²) >= 11 is 0. The first-order chi connectivity index (χ1) is 12.6. The highest BCUT2D eigenvalue weighted by atomic mass is 19.1. The number of imidazole rings is 1. The van der Waals surface area contributed by atoms with E-state index in [1.807, 2.05) is 6.07 Å². The van der Waals surface area contributed by atoms with E-state index in [2.05, 4.69) is 15.3 Å². The number of nitrogens with zero attached hydrogens (tertiary/aromatic N) is 4. The molecule has 4 rings (SSSR count). The highest BCUT2D eigenvalue weighted by Gasteiger charge is 2.20. The van der Waals surface area contributed by atoms with Gasteiger partial charge in [0.2, 0.25) is 5.95 Å². The second kappa shape index (κ2) is 6.11. The van der Waals surface area contributed by atoms with Crippen LogP contribution in [0.5, 0.6) is 5.75 Å². The first-order valence-electron chi connectivity index (χ1n) is 8.04. The van der Waals surface area contributed by atoms with Crippen molar-refractivity contribution in [3.05, 3.63) is 52.7 Å². The van der Waals surface area contributed by atoms with Gasteiger partial charge in [0, 0.05) is 30.3 Å². The average molecular weight is 351 g/mol. The fourth-order valence-electron chi connectivity index (χ4n) is 3.08. The molecular formula is C18H14FN5O2. The van der Waals surface area contributed by atoms with Crippen LogP contribution in [0.1, 0.15) is 34.1 Å². The Morgan fingerprint density at radius 2 is 2.35 bits per heavy atom. The van der Waals surface area contributed by atoms with E-state index in [4.69, 9.17) is 10.00 Å². The Morgan fingerprint density at radius 1 is 1.50 bits per heavy atom. The minimum atomic E-state index is -0.318. The fourth-order valence-corrected chi connectivity index (χ4v) is 3.08. The number of carbonyl (C=O) groups is 1. The minimum Gasteiger partial charge on any atom is -0.493 e. The quantitative estimate of drug-likeness (QED) is 0.726. The molecular weight excluding hydrogens is 337 g/mol. The molecule has 7 nitrogen and oxygen atoms in total. The van der Waals surface area contributed by atoms with Crippen LogP contribution in [0, 0.1) is 17.1 Å². The number of halogens is 1. The van der Waals surface area contributed by atoms with Crippen molar-refractivity contribution in [1.29, 1.82) is 5.26 Å². The third-order valence-electron chi connectivity index (χ3n) is 4.35. The van der Waals surface area contributed by atoms with Gasteiger partial charge in [-0.25, -0.2) is 14.4 Å². The van der Waals surface area contributed by atoms with Crippen LogP contribution in [0.25, 0.3) is 5.65 Å². The molecule has 26 heavy (non-hydrogen) atoms. The second-order valence-electron chi connectivity index (χ2n) is 5.94. The van der Waals surface area contributed by atoms with E-state index in [9.17, 15) is 9.18 Å². The van der Waals surface area contributed by atoms with Crippen molar-refractivity contribution >= 4 is 17.4 Å². The first-order valence-corrected chi connectivity index (χ1v) is 8.04. The third-order valence-corrected chi connectivity index (χ3v) is 4.35. The highest BCUT2D eigenvalue weighted by Crippen LogP contribution is 2.30. The molecule has 0 radical (unpaired) electrons. The monoisotopic (exact) mass is 351 g/mol. The summed E-state index contributed by atoms with van der Waals surface area (Å²) in [5.74, 6) is 0.549. The van der Waals surface area contributed by atoms with Gasteiger partial charge in [0.25, 0.3) is 0 Å². The van der Waals surface area contributed by atoms with Crippen molar-refractivity contribution in [3.63, 3.8) is 0 Å². The van der Waals surface area contributed by atoms with Crippen molar-refractivity contribution in [1.82, 2.24) is 14.4 Å². The number of benzene rings is 1. The molecule has 0 saturated carbocycles. The summed E-state index contributed by atoms with van der Waals surface area (Å²) in [6, 6.07) is 4.97. The Kier molecular flexibility index (Phi) is 3.77. The number of carbonyl (C=O) groups excluding carboxylic acids is 1. The van der Waals surface area contributed by atoms with Crippen LogP contribution < -0.4 is 10.1 Å². The van der Waals surface area contributed by atoms with Gasteiger partial charge in [-0.15, -0.1) is 0 Å². The summed E-state index contributed by atoms with van der Waals surface area (Å²) in [6.45, 7) is 2.14. The molecule has 0 fully saturated rings. The van der Waals surface area contributed by atoms with Crippen molar-refractivity contribution in [2.45, 2.75) is 19.9 Å². The molecule has 0 saturated heterocycles. The number of ether oxygens (including phenoxy) is 1. The molecule has 1 N–H and O–H groups in total. The number of hydrogen-bond acceptors (Lipinski definition) is 6. The predicted octanol–water partition coefficient (Wildman–Crippen LogP) is 2.49. The van der Waals surface area contributed by atoms with Crippen LogP contribution in [0.4, 0.5) is 10.3 Å². The number of nitriles is 1. The minimum absolute atomic E-state index is 0.170. The van der Waals surface area contributed by atoms with Crippen LogP contribution in [0.15, 0.2) is 24.5 Å². The van der Waals surface area contributed by atoms with Crippen LogP contribution in [-0.4, -0.2) is 26.8 Å². The summed E-state index contributed by atoms with van der Waals surface area (Å²) < 4.78 is 21.3. The largest absolute Gasteiger partial charge is 0.493 e. The van der Waals surface area contributed by atoms with E-state index in [-0.39, 0.29) is 23.8 Å². The SMILES string of the molecule is CC(=O)c1cnc(NCc2c(F)ccc3c2CCO3)n2cc(C#N)nc12. The number of aromatic nitrogens is 3. The van der Waals surface area contributed by atoms with E-state index >= 15 is 0 Å². The van der Waals surface area contributed by atoms with Crippen LogP contribution in [0.2, 0.25) is 0 Å². The lowest BCUT2D eigenvalue weighted by Gasteiger charge is -2.12. The summed E-state index contributed by atoms with van der Waals surface area (Å²) in [7, 11) is 0. The predicted molar refractivity (Wildman–Crippen MR) is 90.6 cm³/mol. The van der Waals surface area contributed by atoms with Gasteiger partial charge < -0.3 is 10.1 Å². The van der Waals surface area contributed by atoms with Crippen molar-refractivity contribution in [2.75, 3.05) is 11.9 Å². The van der Waals surface area contributed by atoms with Gasteiger partial charge in [-0.05, 0) is 19.1 Å². The molecule has 1 aliphatic heterocycles. The molecule has 0 spiro atoms. The number of nitrogens with one attached hydrogen (secondary N) is 1. The molecule has 8 heteroatoms. The van der Waals surface area contributed by atoms with E-state index < -0.39 is 0 Å². The number of hydrogen-bond donors (Lipinski definition) is 1. The second-order valence-corrected chi connectivity index (χ2v) is 5.94. The zero-order valence-corrected chi connectivity index (χ0v) is 13.9. The molecule has 3 heterocycles. The Hall–Kier alpha value is -3.47. The molecule has 3 aromatic rings. The molecule has 130 valence electrons. The number of fused-ring (bicyclic) bond motifs is 2. The van der Waals surface area contributed by atoms with Crippen LogP contribution in [0.3, 0.4) is 0 Å². The lowest BCUT2D eigenvalue weighted by molar-refractivity contribution is 0.101. The van der Waals surface area contributed by atoms with Crippen LogP contribution >= 0.6 is 0 Å². The van der Waals surface area contributed by atoms with Gasteiger partial charge in [0.1, 0.15) is 17.6 Å². The average Bonchev–Trinajstić information content (AvgIpc) is 3.27. The fraction of sp³-hybridized carbons (Fsp3) is 0.222. The number of ketones is 1. The van der Waals surface area contributed by atoms with E-state index in [0.717, 1.165) is 5.56 Å². The Labute approximate surface area is 148 Å². The Bertz CT molecular complexity index is 1080. The summed E-state index contributed by atoms with van der Waals surface area (Å²) in [5.41, 5.74) is 2.19. The number of Topliss-reactive ketones (excluding diaryl/α,β-unsaturated/α-hetero) is 1. The first kappa shape index (κ1) is 16.0. The van der Waals surface area contributed by atoms with Gasteiger partial charge in [0.15, 0.2) is 17.1 Å². The topological polar surface area (TPSA) is 92.3 Å². The molecule has 0 amide bonds. The zero-order valence-electron chi connectivity index (χ0n) is 13.9. The summed E-state index contributed by atoms with van der Waals surface area (Å²) in [4.78, 5) is 20.2. The Morgan fingerprint density at radius 3 is 3.12 bits per heavy atom. The lowest BCUT2D eigenvalue weighted by atomic mass is 10.0. The van der Waals surface area contributed by atoms with Gasteiger partial charge in [-0.3, -0.25) is 9.20 Å².